The average molecular weight is 501 g/mol. The maximum absolute atomic E-state index is 11.9. The van der Waals surface area contributed by atoms with Gasteiger partial charge >= 0.3 is 5.97 Å². The number of esters is 1. The summed E-state index contributed by atoms with van der Waals surface area (Å²) in [6.07, 6.45) is 10.5. The van der Waals surface area contributed by atoms with E-state index in [1.54, 1.807) is 6.92 Å². The fourth-order valence-electron chi connectivity index (χ4n) is 12.0. The minimum atomic E-state index is -0.221. The Morgan fingerprint density at radius 2 is 1.61 bits per heavy atom. The Labute approximate surface area is 219 Å². The van der Waals surface area contributed by atoms with Gasteiger partial charge in [-0.15, -0.1) is 0 Å². The molecule has 11 atom stereocenters. The first-order valence-corrected chi connectivity index (χ1v) is 14.8. The summed E-state index contributed by atoms with van der Waals surface area (Å²) >= 11 is 0. The summed E-state index contributed by atoms with van der Waals surface area (Å²) in [7, 11) is 0. The second-order valence-electron chi connectivity index (χ2n) is 15.5. The molecule has 5 aliphatic rings. The Morgan fingerprint density at radius 1 is 0.917 bits per heavy atom. The first-order chi connectivity index (χ1) is 16.7. The summed E-state index contributed by atoms with van der Waals surface area (Å²) in [5.74, 6) is 2.83. The molecule has 0 unspecified atom stereocenters. The fourth-order valence-corrected chi connectivity index (χ4v) is 12.0. The van der Waals surface area contributed by atoms with Crippen LogP contribution in [0.15, 0.2) is 12.2 Å². The maximum Gasteiger partial charge on any atom is 0.302 e. The summed E-state index contributed by atoms with van der Waals surface area (Å²) in [4.78, 5) is 16.8. The molecule has 0 heterocycles. The zero-order chi connectivity index (χ0) is 26.5. The monoisotopic (exact) mass is 500 g/mol. The molecular weight excluding hydrogens is 448 g/mol. The van der Waals surface area contributed by atoms with Crippen LogP contribution in [-0.2, 0) is 14.4 Å². The van der Waals surface area contributed by atoms with Gasteiger partial charge in [0.25, 0.3) is 0 Å². The summed E-state index contributed by atoms with van der Waals surface area (Å²) in [6.45, 7) is 23.5. The Morgan fingerprint density at radius 3 is 2.25 bits per heavy atom. The third-order valence-electron chi connectivity index (χ3n) is 14.0. The number of hydrogen-bond donors (Lipinski definition) is 1. The Bertz CT molecular complexity index is 925. The Hall–Kier alpha value is -0.870. The van der Waals surface area contributed by atoms with E-state index in [1.165, 1.54) is 44.9 Å². The summed E-state index contributed by atoms with van der Waals surface area (Å²) in [5.41, 5.74) is 2.23. The van der Waals surface area contributed by atoms with E-state index in [-0.39, 0.29) is 29.0 Å². The highest BCUT2D eigenvalue weighted by molar-refractivity contribution is 5.66. The molecule has 0 aromatic heterocycles. The van der Waals surface area contributed by atoms with E-state index < -0.39 is 0 Å². The first-order valence-electron chi connectivity index (χ1n) is 14.8. The van der Waals surface area contributed by atoms with E-state index in [9.17, 15) is 10.1 Å². The molecule has 0 amide bonds. The van der Waals surface area contributed by atoms with Gasteiger partial charge in [-0.05, 0) is 115 Å². The number of ether oxygens (including phenoxy) is 1. The minimum absolute atomic E-state index is 0.0117. The molecule has 5 rings (SSSR count). The molecule has 0 spiro atoms. The van der Waals surface area contributed by atoms with Crippen LogP contribution < -0.4 is 0 Å². The van der Waals surface area contributed by atoms with Gasteiger partial charge in [-0.25, -0.2) is 4.89 Å². The highest BCUT2D eigenvalue weighted by Crippen LogP contribution is 2.77. The van der Waals surface area contributed by atoms with Crippen molar-refractivity contribution in [3.63, 3.8) is 0 Å². The van der Waals surface area contributed by atoms with Crippen LogP contribution in [-0.4, -0.2) is 23.4 Å². The van der Waals surface area contributed by atoms with Crippen molar-refractivity contribution in [2.45, 2.75) is 125 Å². The van der Waals surface area contributed by atoms with E-state index in [4.69, 9.17) is 9.62 Å². The SMILES string of the molecule is C=C1[C@@H](C)[C@@H]2[C@H]3CC[C@@H]4[C@@]5(C)CC[C@H](OC(C)=O)C(C)(C)[C@@H]5CC[C@@]4(C)[C@]3(C)CC[C@@]2(C)C[C@H]1OO. The van der Waals surface area contributed by atoms with Crippen molar-refractivity contribution < 1.29 is 19.7 Å². The number of carbonyl (C=O) groups excluding carboxylic acids is 1. The van der Waals surface area contributed by atoms with Gasteiger partial charge in [-0.3, -0.25) is 10.1 Å². The van der Waals surface area contributed by atoms with Crippen molar-refractivity contribution in [3.8, 4) is 0 Å². The van der Waals surface area contributed by atoms with Gasteiger partial charge in [0.05, 0.1) is 0 Å². The molecule has 4 heteroatoms. The van der Waals surface area contributed by atoms with Crippen LogP contribution in [0.5, 0.6) is 0 Å². The number of rotatable bonds is 2. The lowest BCUT2D eigenvalue weighted by Gasteiger charge is -2.74. The van der Waals surface area contributed by atoms with Gasteiger partial charge in [-0.1, -0.05) is 55.0 Å². The fraction of sp³-hybridized carbons (Fsp3) is 0.906. The molecule has 5 saturated carbocycles. The van der Waals surface area contributed by atoms with Crippen LogP contribution in [0, 0.1) is 56.7 Å². The van der Waals surface area contributed by atoms with Crippen molar-refractivity contribution in [1.82, 2.24) is 0 Å². The van der Waals surface area contributed by atoms with Crippen LogP contribution in [0.4, 0.5) is 0 Å². The number of hydrogen-bond acceptors (Lipinski definition) is 4. The molecule has 204 valence electrons. The first kappa shape index (κ1) is 26.7. The van der Waals surface area contributed by atoms with Crippen molar-refractivity contribution >= 4 is 5.97 Å². The molecule has 0 bridgehead atoms. The standard InChI is InChI=1S/C32H52O4/c1-19-20(2)27-22-10-11-25-30(7)14-13-26(35-21(3)33)28(4,5)24(30)12-15-32(25,9)31(22,8)17-16-29(27,6)18-23(19)36-34/h20,22-27,34H,1,10-18H2,2-9H3/t20-,22-,23-,24+,25-,26+,27-,29+,30+,31-,32-/m1/s1. The second kappa shape index (κ2) is 8.31. The zero-order valence-corrected chi connectivity index (χ0v) is 24.3. The third-order valence-corrected chi connectivity index (χ3v) is 14.0. The van der Waals surface area contributed by atoms with Gasteiger partial charge in [0, 0.05) is 12.3 Å². The molecule has 0 aromatic carbocycles. The van der Waals surface area contributed by atoms with Gasteiger partial charge in [0.2, 0.25) is 0 Å². The van der Waals surface area contributed by atoms with E-state index in [0.29, 0.717) is 45.8 Å². The van der Waals surface area contributed by atoms with Crippen LogP contribution >= 0.6 is 0 Å². The Balaban J connectivity index is 1.49. The van der Waals surface area contributed by atoms with Crippen molar-refractivity contribution in [2.24, 2.45) is 56.7 Å². The quantitative estimate of drug-likeness (QED) is 0.180. The maximum atomic E-state index is 11.9. The number of carbonyl (C=O) groups is 1. The molecule has 5 aliphatic carbocycles. The summed E-state index contributed by atoms with van der Waals surface area (Å²) in [5, 5.41) is 9.62. The molecule has 5 fully saturated rings. The predicted molar refractivity (Wildman–Crippen MR) is 143 cm³/mol. The molecule has 1 N–H and O–H groups in total. The largest absolute Gasteiger partial charge is 0.462 e. The highest BCUT2D eigenvalue weighted by Gasteiger charge is 2.70. The van der Waals surface area contributed by atoms with Crippen molar-refractivity contribution in [3.05, 3.63) is 12.2 Å². The lowest BCUT2D eigenvalue weighted by atomic mass is 9.31. The highest BCUT2D eigenvalue weighted by atomic mass is 17.1. The molecule has 0 radical (unpaired) electrons. The predicted octanol–water partition coefficient (Wildman–Crippen LogP) is 8.06. The van der Waals surface area contributed by atoms with Gasteiger partial charge in [0.1, 0.15) is 12.2 Å². The van der Waals surface area contributed by atoms with E-state index >= 15 is 0 Å². The van der Waals surface area contributed by atoms with Crippen LogP contribution in [0.3, 0.4) is 0 Å². The van der Waals surface area contributed by atoms with Crippen LogP contribution in [0.25, 0.3) is 0 Å². The van der Waals surface area contributed by atoms with Gasteiger partial charge in [-0.2, -0.15) is 0 Å². The van der Waals surface area contributed by atoms with Gasteiger partial charge < -0.3 is 4.74 Å². The molecule has 4 nitrogen and oxygen atoms in total. The summed E-state index contributed by atoms with van der Waals surface area (Å²) in [6, 6.07) is 0. The van der Waals surface area contributed by atoms with E-state index in [2.05, 4.69) is 55.0 Å². The smallest absolute Gasteiger partial charge is 0.302 e. The molecule has 0 saturated heterocycles. The van der Waals surface area contributed by atoms with E-state index in [1.807, 2.05) is 0 Å². The second-order valence-corrected chi connectivity index (χ2v) is 15.5. The normalized spacial score (nSPS) is 53.9. The molecule has 0 aliphatic heterocycles. The molecule has 0 aromatic rings. The van der Waals surface area contributed by atoms with E-state index in [0.717, 1.165) is 18.4 Å². The van der Waals surface area contributed by atoms with Crippen molar-refractivity contribution in [1.29, 1.82) is 0 Å². The molecule has 36 heavy (non-hydrogen) atoms. The molecular formula is C32H52O4. The number of fused-ring (bicyclic) bond motifs is 7. The zero-order valence-electron chi connectivity index (χ0n) is 24.3. The summed E-state index contributed by atoms with van der Waals surface area (Å²) < 4.78 is 5.90. The lowest BCUT2D eigenvalue weighted by molar-refractivity contribution is -0.295. The van der Waals surface area contributed by atoms with Gasteiger partial charge in [0.15, 0.2) is 0 Å². The van der Waals surface area contributed by atoms with Crippen molar-refractivity contribution in [2.75, 3.05) is 0 Å². The Kier molecular flexibility index (Phi) is 6.17. The minimum Gasteiger partial charge on any atom is -0.462 e. The van der Waals surface area contributed by atoms with Crippen LogP contribution in [0.1, 0.15) is 113 Å². The topological polar surface area (TPSA) is 55.8 Å². The third kappa shape index (κ3) is 3.34. The average Bonchev–Trinajstić information content (AvgIpc) is 2.79. The van der Waals surface area contributed by atoms with Crippen LogP contribution in [0.2, 0.25) is 0 Å². The lowest BCUT2D eigenvalue weighted by Crippen LogP contribution is -2.67.